The molecule has 0 aromatic rings. The van der Waals surface area contributed by atoms with E-state index in [0.717, 1.165) is 23.7 Å². The second kappa shape index (κ2) is 11.6. The number of rotatable bonds is 12. The fraction of sp³-hybridized carbons (Fsp3) is 1.00. The fourth-order valence-electron chi connectivity index (χ4n) is 3.84. The Hall–Kier alpha value is -0.0400. The van der Waals surface area contributed by atoms with E-state index in [1.165, 1.54) is 44.9 Å². The molecule has 1 N–H and O–H groups in total. The first-order chi connectivity index (χ1) is 9.51. The molecule has 0 aliphatic rings. The van der Waals surface area contributed by atoms with E-state index in [0.29, 0.717) is 6.04 Å². The lowest BCUT2D eigenvalue weighted by atomic mass is 9.79. The highest BCUT2D eigenvalue weighted by Gasteiger charge is 2.23. The minimum absolute atomic E-state index is 0.689. The van der Waals surface area contributed by atoms with E-state index < -0.39 is 0 Å². The Labute approximate surface area is 129 Å². The monoisotopic (exact) mass is 283 g/mol. The number of nitrogens with one attached hydrogen (secondary N) is 1. The Bertz CT molecular complexity index is 214. The van der Waals surface area contributed by atoms with Crippen molar-refractivity contribution in [2.45, 2.75) is 92.5 Å². The van der Waals surface area contributed by atoms with Crippen LogP contribution in [0.5, 0.6) is 0 Å². The van der Waals surface area contributed by atoms with Gasteiger partial charge in [0.15, 0.2) is 0 Å². The summed E-state index contributed by atoms with van der Waals surface area (Å²) in [4.78, 5) is 0. The second-order valence-electron chi connectivity index (χ2n) is 7.07. The normalized spacial score (nSPS) is 19.4. The van der Waals surface area contributed by atoms with E-state index in [1.54, 1.807) is 0 Å². The van der Waals surface area contributed by atoms with Crippen molar-refractivity contribution in [2.24, 2.45) is 23.7 Å². The molecule has 0 aromatic heterocycles. The van der Waals surface area contributed by atoms with Crippen LogP contribution in [-0.2, 0) is 0 Å². The molecule has 0 aliphatic heterocycles. The van der Waals surface area contributed by atoms with Gasteiger partial charge in [0, 0.05) is 6.04 Å². The summed E-state index contributed by atoms with van der Waals surface area (Å²) in [5.74, 6) is 3.42. The van der Waals surface area contributed by atoms with Crippen LogP contribution < -0.4 is 5.32 Å². The summed E-state index contributed by atoms with van der Waals surface area (Å²) in [5.41, 5.74) is 0. The molecule has 0 aliphatic carbocycles. The van der Waals surface area contributed by atoms with Crippen LogP contribution in [0.25, 0.3) is 0 Å². The van der Waals surface area contributed by atoms with Crippen LogP contribution in [0.3, 0.4) is 0 Å². The summed E-state index contributed by atoms with van der Waals surface area (Å²) >= 11 is 0. The average molecular weight is 284 g/mol. The van der Waals surface area contributed by atoms with E-state index in [9.17, 15) is 0 Å². The van der Waals surface area contributed by atoms with Crippen LogP contribution in [0.2, 0.25) is 0 Å². The molecule has 0 fully saturated rings. The van der Waals surface area contributed by atoms with E-state index in [4.69, 9.17) is 0 Å². The number of hydrogen-bond donors (Lipinski definition) is 1. The highest BCUT2D eigenvalue weighted by atomic mass is 14.9. The van der Waals surface area contributed by atoms with Gasteiger partial charge in [0.25, 0.3) is 0 Å². The Morgan fingerprint density at radius 1 is 0.700 bits per heavy atom. The van der Waals surface area contributed by atoms with Crippen LogP contribution in [0.4, 0.5) is 0 Å². The molecule has 20 heavy (non-hydrogen) atoms. The van der Waals surface area contributed by atoms with Crippen molar-refractivity contribution >= 4 is 0 Å². The van der Waals surface area contributed by atoms with Crippen LogP contribution in [0, 0.1) is 23.7 Å². The minimum Gasteiger partial charge on any atom is -0.316 e. The smallest absolute Gasteiger partial charge is 0.0115 e. The first kappa shape index (κ1) is 20.0. The van der Waals surface area contributed by atoms with Crippen LogP contribution in [0.1, 0.15) is 86.5 Å². The lowest BCUT2D eigenvalue weighted by Gasteiger charge is -2.31. The zero-order chi connectivity index (χ0) is 15.5. The van der Waals surface area contributed by atoms with Gasteiger partial charge >= 0.3 is 0 Å². The molecule has 0 amide bonds. The van der Waals surface area contributed by atoms with Gasteiger partial charge in [0.2, 0.25) is 0 Å². The summed E-state index contributed by atoms with van der Waals surface area (Å²) in [5, 5.41) is 3.59. The quantitative estimate of drug-likeness (QED) is 0.471. The van der Waals surface area contributed by atoms with Gasteiger partial charge in [-0.3, -0.25) is 0 Å². The van der Waals surface area contributed by atoms with Gasteiger partial charge in [-0.05, 0) is 50.0 Å². The zero-order valence-electron chi connectivity index (χ0n) is 15.3. The third-order valence-electron chi connectivity index (χ3n) is 5.40. The van der Waals surface area contributed by atoms with Gasteiger partial charge in [0.05, 0.1) is 0 Å². The molecule has 0 radical (unpaired) electrons. The van der Waals surface area contributed by atoms with Gasteiger partial charge in [0.1, 0.15) is 0 Å². The molecule has 0 saturated carbocycles. The summed E-state index contributed by atoms with van der Waals surface area (Å²) in [6.45, 7) is 14.3. The highest BCUT2D eigenvalue weighted by molar-refractivity contribution is 4.78. The highest BCUT2D eigenvalue weighted by Crippen LogP contribution is 2.29. The third-order valence-corrected chi connectivity index (χ3v) is 5.40. The largest absolute Gasteiger partial charge is 0.316 e. The summed E-state index contributed by atoms with van der Waals surface area (Å²) in [6, 6.07) is 0.689. The van der Waals surface area contributed by atoms with Crippen LogP contribution >= 0.6 is 0 Å². The molecule has 1 heteroatoms. The maximum Gasteiger partial charge on any atom is 0.0115 e. The van der Waals surface area contributed by atoms with Gasteiger partial charge in [-0.15, -0.1) is 0 Å². The van der Waals surface area contributed by atoms with E-state index in [2.05, 4.69) is 53.9 Å². The molecule has 1 nitrogen and oxygen atoms in total. The maximum atomic E-state index is 3.59. The van der Waals surface area contributed by atoms with Crippen molar-refractivity contribution in [3.63, 3.8) is 0 Å². The van der Waals surface area contributed by atoms with Crippen molar-refractivity contribution in [1.82, 2.24) is 5.32 Å². The first-order valence-electron chi connectivity index (χ1n) is 9.18. The van der Waals surface area contributed by atoms with Crippen molar-refractivity contribution in [3.05, 3.63) is 0 Å². The van der Waals surface area contributed by atoms with Crippen molar-refractivity contribution in [3.8, 4) is 0 Å². The van der Waals surface area contributed by atoms with Gasteiger partial charge in [-0.2, -0.15) is 0 Å². The standard InChI is InChI=1S/C19H41N/c1-8-11-16(5)19(20-7)17(6)13-14-18(12-9-2)15(4)10-3/h15-20H,8-14H2,1-7H3. The molecule has 0 heterocycles. The Balaban J connectivity index is 4.36. The Kier molecular flexibility index (Phi) is 11.6. The molecule has 0 aromatic carbocycles. The molecule has 0 rings (SSSR count). The van der Waals surface area contributed by atoms with Crippen molar-refractivity contribution in [1.29, 1.82) is 0 Å². The lowest BCUT2D eigenvalue weighted by Crippen LogP contribution is -2.38. The molecule has 5 atom stereocenters. The SMILES string of the molecule is CCCC(C)C(NC)C(C)CCC(CCC)C(C)CC. The molecular weight excluding hydrogens is 242 g/mol. The summed E-state index contributed by atoms with van der Waals surface area (Å²) in [7, 11) is 2.14. The number of hydrogen-bond acceptors (Lipinski definition) is 1. The van der Waals surface area contributed by atoms with E-state index in [-0.39, 0.29) is 0 Å². The minimum atomic E-state index is 0.689. The van der Waals surface area contributed by atoms with Crippen molar-refractivity contribution < 1.29 is 0 Å². The van der Waals surface area contributed by atoms with Gasteiger partial charge in [-0.1, -0.05) is 67.2 Å². The van der Waals surface area contributed by atoms with Gasteiger partial charge < -0.3 is 5.32 Å². The second-order valence-corrected chi connectivity index (χ2v) is 7.07. The molecule has 0 bridgehead atoms. The zero-order valence-corrected chi connectivity index (χ0v) is 15.3. The molecule has 122 valence electrons. The molecule has 0 saturated heterocycles. The summed E-state index contributed by atoms with van der Waals surface area (Å²) in [6.07, 6.45) is 9.54. The van der Waals surface area contributed by atoms with E-state index >= 15 is 0 Å². The molecule has 0 spiro atoms. The Morgan fingerprint density at radius 2 is 1.25 bits per heavy atom. The predicted molar refractivity (Wildman–Crippen MR) is 93.2 cm³/mol. The maximum absolute atomic E-state index is 3.59. The Morgan fingerprint density at radius 3 is 1.70 bits per heavy atom. The predicted octanol–water partition coefficient (Wildman–Crippen LogP) is 5.89. The lowest BCUT2D eigenvalue weighted by molar-refractivity contribution is 0.232. The van der Waals surface area contributed by atoms with Gasteiger partial charge in [-0.25, -0.2) is 0 Å². The molecular formula is C19H41N. The van der Waals surface area contributed by atoms with Crippen molar-refractivity contribution in [2.75, 3.05) is 7.05 Å². The van der Waals surface area contributed by atoms with E-state index in [1.807, 2.05) is 0 Å². The summed E-state index contributed by atoms with van der Waals surface area (Å²) < 4.78 is 0. The topological polar surface area (TPSA) is 12.0 Å². The average Bonchev–Trinajstić information content (AvgIpc) is 2.43. The third kappa shape index (κ3) is 7.11. The molecule has 5 unspecified atom stereocenters. The fourth-order valence-corrected chi connectivity index (χ4v) is 3.84. The van der Waals surface area contributed by atoms with Crippen LogP contribution in [-0.4, -0.2) is 13.1 Å². The first-order valence-corrected chi connectivity index (χ1v) is 9.18. The van der Waals surface area contributed by atoms with Crippen LogP contribution in [0.15, 0.2) is 0 Å².